The summed E-state index contributed by atoms with van der Waals surface area (Å²) in [5.74, 6) is -0.551. The van der Waals surface area contributed by atoms with Gasteiger partial charge in [-0.15, -0.1) is 0 Å². The van der Waals surface area contributed by atoms with E-state index >= 15 is 0 Å². The fourth-order valence-corrected chi connectivity index (χ4v) is 5.56. The van der Waals surface area contributed by atoms with E-state index in [0.29, 0.717) is 24.7 Å². The number of ether oxygens (including phenoxy) is 1. The molecule has 5 rings (SSSR count). The average molecular weight is 474 g/mol. The molecule has 2 saturated carbocycles. The van der Waals surface area contributed by atoms with Gasteiger partial charge in [0, 0.05) is 59.7 Å². The van der Waals surface area contributed by atoms with Gasteiger partial charge >= 0.3 is 0 Å². The molecule has 3 fully saturated rings. The van der Waals surface area contributed by atoms with Gasteiger partial charge in [0.15, 0.2) is 0 Å². The summed E-state index contributed by atoms with van der Waals surface area (Å²) in [5.41, 5.74) is 1.81. The fraction of sp³-hybridized carbons (Fsp3) is 0.654. The van der Waals surface area contributed by atoms with Crippen LogP contribution in [0.1, 0.15) is 71.6 Å². The molecule has 1 aromatic carbocycles. The van der Waals surface area contributed by atoms with Crippen molar-refractivity contribution >= 4 is 28.2 Å². The summed E-state index contributed by atoms with van der Waals surface area (Å²) < 4.78 is 6.12. The van der Waals surface area contributed by atoms with Crippen LogP contribution in [0.2, 0.25) is 5.02 Å². The SMILES string of the molecule is CC1(C)CCOC2(CCC(NC3CCC(Nc4ccnc5cc(Cl)ccc45)CC3)CC2)OO1. The second-order valence-electron chi connectivity index (χ2n) is 10.6. The third-order valence-corrected chi connectivity index (χ3v) is 7.73. The highest BCUT2D eigenvalue weighted by atomic mass is 35.5. The van der Waals surface area contributed by atoms with Crippen molar-refractivity contribution in [2.75, 3.05) is 11.9 Å². The molecule has 3 aliphatic rings. The second kappa shape index (κ2) is 9.67. The van der Waals surface area contributed by atoms with Crippen molar-refractivity contribution in [3.8, 4) is 0 Å². The first-order valence-electron chi connectivity index (χ1n) is 12.5. The number of rotatable bonds is 4. The molecule has 0 bridgehead atoms. The van der Waals surface area contributed by atoms with Crippen LogP contribution in [0, 0.1) is 0 Å². The van der Waals surface area contributed by atoms with E-state index in [2.05, 4.69) is 41.6 Å². The van der Waals surface area contributed by atoms with Crippen molar-refractivity contribution in [3.05, 3.63) is 35.5 Å². The molecule has 1 spiro atoms. The van der Waals surface area contributed by atoms with Gasteiger partial charge in [-0.3, -0.25) is 4.98 Å². The molecule has 2 heterocycles. The van der Waals surface area contributed by atoms with E-state index in [0.717, 1.165) is 53.7 Å². The topological polar surface area (TPSA) is 64.6 Å². The van der Waals surface area contributed by atoms with Gasteiger partial charge in [0.05, 0.1) is 12.1 Å². The normalized spacial score (nSPS) is 32.5. The summed E-state index contributed by atoms with van der Waals surface area (Å²) in [5, 5.41) is 9.54. The van der Waals surface area contributed by atoms with E-state index in [9.17, 15) is 0 Å². The zero-order chi connectivity index (χ0) is 22.9. The number of pyridine rings is 1. The summed E-state index contributed by atoms with van der Waals surface area (Å²) in [6.07, 6.45) is 11.3. The van der Waals surface area contributed by atoms with Crippen LogP contribution in [0.4, 0.5) is 5.69 Å². The third-order valence-electron chi connectivity index (χ3n) is 7.50. The largest absolute Gasteiger partial charge is 0.382 e. The zero-order valence-electron chi connectivity index (χ0n) is 19.7. The van der Waals surface area contributed by atoms with Gasteiger partial charge in [-0.05, 0) is 76.6 Å². The number of hydrogen-bond acceptors (Lipinski definition) is 6. The molecule has 180 valence electrons. The Labute approximate surface area is 201 Å². The van der Waals surface area contributed by atoms with Crippen molar-refractivity contribution in [1.29, 1.82) is 0 Å². The Balaban J connectivity index is 1.09. The lowest BCUT2D eigenvalue weighted by Gasteiger charge is -2.40. The van der Waals surface area contributed by atoms with E-state index in [4.69, 9.17) is 26.1 Å². The van der Waals surface area contributed by atoms with Gasteiger partial charge in [0.25, 0.3) is 0 Å². The molecule has 1 aromatic heterocycles. The van der Waals surface area contributed by atoms with Crippen LogP contribution in [0.25, 0.3) is 10.9 Å². The van der Waals surface area contributed by atoms with Gasteiger partial charge < -0.3 is 15.4 Å². The number of aromatic nitrogens is 1. The standard InChI is InChI=1S/C26H36ClN3O3/c1-25(2)14-16-31-26(33-32-25)12-9-21(10-13-26)29-19-4-6-20(7-5-19)30-23-11-15-28-24-17-18(27)3-8-22(23)24/h3,8,11,15,17,19-21,29H,4-7,9-10,12-14,16H2,1-2H3,(H,28,30). The summed E-state index contributed by atoms with van der Waals surface area (Å²) in [7, 11) is 0. The first-order chi connectivity index (χ1) is 15.9. The molecule has 2 aromatic rings. The Kier molecular flexibility index (Phi) is 6.83. The smallest absolute Gasteiger partial charge is 0.201 e. The molecule has 1 aliphatic heterocycles. The molecule has 0 unspecified atom stereocenters. The maximum atomic E-state index is 6.13. The van der Waals surface area contributed by atoms with E-state index < -0.39 is 5.79 Å². The molecule has 0 radical (unpaired) electrons. The molecule has 2 aliphatic carbocycles. The summed E-state index contributed by atoms with van der Waals surface area (Å²) >= 11 is 6.13. The Hall–Kier alpha value is -1.44. The van der Waals surface area contributed by atoms with Crippen LogP contribution in [0.3, 0.4) is 0 Å². The Morgan fingerprint density at radius 2 is 1.64 bits per heavy atom. The van der Waals surface area contributed by atoms with Gasteiger partial charge in [-0.25, -0.2) is 9.78 Å². The van der Waals surface area contributed by atoms with Crippen LogP contribution in [0.15, 0.2) is 30.5 Å². The molecular formula is C26H36ClN3O3. The fourth-order valence-electron chi connectivity index (χ4n) is 5.39. The molecule has 6 nitrogen and oxygen atoms in total. The maximum Gasteiger partial charge on any atom is 0.201 e. The number of fused-ring (bicyclic) bond motifs is 1. The molecule has 0 atom stereocenters. The zero-order valence-corrected chi connectivity index (χ0v) is 20.5. The lowest BCUT2D eigenvalue weighted by molar-refractivity contribution is -0.450. The molecule has 7 heteroatoms. The number of nitrogens with zero attached hydrogens (tertiary/aromatic N) is 1. The first kappa shape index (κ1) is 23.3. The van der Waals surface area contributed by atoms with Crippen molar-refractivity contribution in [2.24, 2.45) is 0 Å². The van der Waals surface area contributed by atoms with Crippen molar-refractivity contribution in [2.45, 2.75) is 101 Å². The second-order valence-corrected chi connectivity index (χ2v) is 11.0. The lowest BCUT2D eigenvalue weighted by atomic mass is 9.86. The minimum Gasteiger partial charge on any atom is -0.382 e. The van der Waals surface area contributed by atoms with E-state index in [1.54, 1.807) is 0 Å². The predicted molar refractivity (Wildman–Crippen MR) is 131 cm³/mol. The highest BCUT2D eigenvalue weighted by Gasteiger charge is 2.43. The van der Waals surface area contributed by atoms with Crippen LogP contribution in [0.5, 0.6) is 0 Å². The Bertz CT molecular complexity index is 953. The maximum absolute atomic E-state index is 6.13. The van der Waals surface area contributed by atoms with Gasteiger partial charge in [0.2, 0.25) is 5.79 Å². The number of anilines is 1. The highest BCUT2D eigenvalue weighted by molar-refractivity contribution is 6.31. The minimum absolute atomic E-state index is 0.277. The Morgan fingerprint density at radius 1 is 0.909 bits per heavy atom. The molecule has 1 saturated heterocycles. The summed E-state index contributed by atoms with van der Waals surface area (Å²) in [4.78, 5) is 16.0. The monoisotopic (exact) mass is 473 g/mol. The quantitative estimate of drug-likeness (QED) is 0.532. The third kappa shape index (κ3) is 5.63. The van der Waals surface area contributed by atoms with Crippen LogP contribution >= 0.6 is 11.6 Å². The lowest BCUT2D eigenvalue weighted by Crippen LogP contribution is -2.48. The van der Waals surface area contributed by atoms with Crippen molar-refractivity contribution < 1.29 is 14.5 Å². The molecule has 0 amide bonds. The van der Waals surface area contributed by atoms with Gasteiger partial charge in [-0.2, -0.15) is 0 Å². The minimum atomic E-state index is -0.551. The summed E-state index contributed by atoms with van der Waals surface area (Å²) in [6, 6.07) is 9.60. The van der Waals surface area contributed by atoms with Crippen LogP contribution in [-0.4, -0.2) is 41.1 Å². The van der Waals surface area contributed by atoms with Crippen LogP contribution in [-0.2, 0) is 14.5 Å². The number of halogens is 1. The average Bonchev–Trinajstić information content (AvgIpc) is 2.95. The van der Waals surface area contributed by atoms with E-state index in [1.165, 1.54) is 25.7 Å². The summed E-state index contributed by atoms with van der Waals surface area (Å²) in [6.45, 7) is 4.81. The predicted octanol–water partition coefficient (Wildman–Crippen LogP) is 5.99. The first-order valence-corrected chi connectivity index (χ1v) is 12.9. The van der Waals surface area contributed by atoms with Crippen molar-refractivity contribution in [1.82, 2.24) is 10.3 Å². The molecular weight excluding hydrogens is 438 g/mol. The number of benzene rings is 1. The van der Waals surface area contributed by atoms with Crippen molar-refractivity contribution in [3.63, 3.8) is 0 Å². The Morgan fingerprint density at radius 3 is 2.42 bits per heavy atom. The number of hydrogen-bond donors (Lipinski definition) is 2. The molecule has 33 heavy (non-hydrogen) atoms. The van der Waals surface area contributed by atoms with E-state index in [1.807, 2.05) is 18.3 Å². The highest BCUT2D eigenvalue weighted by Crippen LogP contribution is 2.38. The van der Waals surface area contributed by atoms with E-state index in [-0.39, 0.29) is 5.60 Å². The van der Waals surface area contributed by atoms with Crippen LogP contribution < -0.4 is 10.6 Å². The van der Waals surface area contributed by atoms with Gasteiger partial charge in [0.1, 0.15) is 5.60 Å². The van der Waals surface area contributed by atoms with Gasteiger partial charge in [-0.1, -0.05) is 11.6 Å². The number of nitrogens with one attached hydrogen (secondary N) is 2. The molecule has 2 N–H and O–H groups in total.